The van der Waals surface area contributed by atoms with Gasteiger partial charge < -0.3 is 9.64 Å². The maximum atomic E-state index is 5.87. The molecule has 98 valence electrons. The molecule has 0 aliphatic carbocycles. The van der Waals surface area contributed by atoms with Crippen molar-refractivity contribution in [1.82, 2.24) is 4.90 Å². The van der Waals surface area contributed by atoms with E-state index in [4.69, 9.17) is 4.74 Å². The van der Waals surface area contributed by atoms with Gasteiger partial charge in [-0.1, -0.05) is 39.5 Å². The van der Waals surface area contributed by atoms with E-state index in [9.17, 15) is 0 Å². The lowest BCUT2D eigenvalue weighted by Crippen LogP contribution is -2.43. The van der Waals surface area contributed by atoms with Gasteiger partial charge in [0.15, 0.2) is 0 Å². The van der Waals surface area contributed by atoms with Crippen LogP contribution in [0, 0.1) is 23.7 Å². The maximum absolute atomic E-state index is 5.87. The van der Waals surface area contributed by atoms with Crippen LogP contribution in [-0.4, -0.2) is 37.2 Å². The third kappa shape index (κ3) is 5.57. The Labute approximate surface area is 107 Å². The summed E-state index contributed by atoms with van der Waals surface area (Å²) in [4.78, 5) is 2.55. The molecule has 1 rings (SSSR count). The van der Waals surface area contributed by atoms with Crippen molar-refractivity contribution in [2.75, 3.05) is 26.2 Å². The second kappa shape index (κ2) is 7.74. The molecule has 0 radical (unpaired) electrons. The Kier molecular flexibility index (Phi) is 6.62. The van der Waals surface area contributed by atoms with E-state index in [-0.39, 0.29) is 0 Å². The van der Waals surface area contributed by atoms with Crippen LogP contribution in [0.1, 0.15) is 40.5 Å². The molecule has 1 saturated heterocycles. The summed E-state index contributed by atoms with van der Waals surface area (Å²) in [6.45, 7) is 12.9. The van der Waals surface area contributed by atoms with Gasteiger partial charge in [-0.2, -0.15) is 0 Å². The summed E-state index contributed by atoms with van der Waals surface area (Å²) in [6, 6.07) is 0. The summed E-state index contributed by atoms with van der Waals surface area (Å²) in [5.74, 6) is 7.33. The number of hydrogen-bond acceptors (Lipinski definition) is 2. The van der Waals surface area contributed by atoms with Crippen molar-refractivity contribution < 1.29 is 4.74 Å². The van der Waals surface area contributed by atoms with Gasteiger partial charge in [0.2, 0.25) is 0 Å². The summed E-state index contributed by atoms with van der Waals surface area (Å²) >= 11 is 0. The summed E-state index contributed by atoms with van der Waals surface area (Å²) < 4.78 is 5.87. The zero-order valence-corrected chi connectivity index (χ0v) is 11.8. The molecule has 0 amide bonds. The molecule has 1 fully saturated rings. The SMILES string of the molecule is CCCN1CC[C@H](OCC#CC(C)C)[C@@H](C)C1. The standard InChI is InChI=1S/C15H27NO/c1-5-9-16-10-8-15(14(4)12-16)17-11-6-7-13(2)3/h13-15H,5,8-12H2,1-4H3/t14-,15-/m0/s1. The Hall–Kier alpha value is -0.520. The molecule has 2 atom stereocenters. The van der Waals surface area contributed by atoms with Crippen LogP contribution in [0.2, 0.25) is 0 Å². The summed E-state index contributed by atoms with van der Waals surface area (Å²) in [6.07, 6.45) is 2.81. The van der Waals surface area contributed by atoms with Gasteiger partial charge in [0.05, 0.1) is 6.10 Å². The minimum absolute atomic E-state index is 0.407. The van der Waals surface area contributed by atoms with Gasteiger partial charge in [-0.3, -0.25) is 0 Å². The van der Waals surface area contributed by atoms with Crippen molar-refractivity contribution in [3.63, 3.8) is 0 Å². The van der Waals surface area contributed by atoms with Crippen molar-refractivity contribution in [2.24, 2.45) is 11.8 Å². The van der Waals surface area contributed by atoms with Gasteiger partial charge in [-0.15, -0.1) is 0 Å². The normalized spacial score (nSPS) is 25.7. The van der Waals surface area contributed by atoms with E-state index in [1.165, 1.54) is 26.1 Å². The topological polar surface area (TPSA) is 12.5 Å². The van der Waals surface area contributed by atoms with E-state index in [1.807, 2.05) is 0 Å². The Morgan fingerprint density at radius 2 is 2.18 bits per heavy atom. The van der Waals surface area contributed by atoms with Crippen LogP contribution in [0.5, 0.6) is 0 Å². The minimum atomic E-state index is 0.407. The fourth-order valence-electron chi connectivity index (χ4n) is 2.37. The van der Waals surface area contributed by atoms with Gasteiger partial charge in [-0.25, -0.2) is 0 Å². The zero-order chi connectivity index (χ0) is 12.7. The summed E-state index contributed by atoms with van der Waals surface area (Å²) in [7, 11) is 0. The van der Waals surface area contributed by atoms with E-state index in [2.05, 4.69) is 44.4 Å². The lowest BCUT2D eigenvalue weighted by Gasteiger charge is -2.36. The lowest BCUT2D eigenvalue weighted by atomic mass is 9.96. The number of hydrogen-bond donors (Lipinski definition) is 0. The Balaban J connectivity index is 2.26. The van der Waals surface area contributed by atoms with Gasteiger partial charge in [-0.05, 0) is 25.3 Å². The van der Waals surface area contributed by atoms with E-state index in [1.54, 1.807) is 0 Å². The first-order valence-electron chi connectivity index (χ1n) is 6.95. The number of ether oxygens (including phenoxy) is 1. The van der Waals surface area contributed by atoms with Gasteiger partial charge in [0.25, 0.3) is 0 Å². The van der Waals surface area contributed by atoms with Gasteiger partial charge >= 0.3 is 0 Å². The van der Waals surface area contributed by atoms with E-state index in [0.29, 0.717) is 24.5 Å². The highest BCUT2D eigenvalue weighted by Gasteiger charge is 2.25. The molecule has 0 aromatic heterocycles. The lowest BCUT2D eigenvalue weighted by molar-refractivity contribution is -0.0134. The highest BCUT2D eigenvalue weighted by atomic mass is 16.5. The number of piperidine rings is 1. The Morgan fingerprint density at radius 1 is 1.41 bits per heavy atom. The highest BCUT2D eigenvalue weighted by Crippen LogP contribution is 2.19. The molecule has 0 aromatic rings. The molecule has 0 spiro atoms. The minimum Gasteiger partial charge on any atom is -0.365 e. The van der Waals surface area contributed by atoms with Gasteiger partial charge in [0.1, 0.15) is 6.61 Å². The van der Waals surface area contributed by atoms with Crippen molar-refractivity contribution >= 4 is 0 Å². The molecule has 0 aromatic carbocycles. The van der Waals surface area contributed by atoms with Gasteiger partial charge in [0, 0.05) is 19.0 Å². The van der Waals surface area contributed by atoms with Crippen LogP contribution in [0.3, 0.4) is 0 Å². The second-order valence-corrected chi connectivity index (χ2v) is 5.39. The van der Waals surface area contributed by atoms with Crippen LogP contribution >= 0.6 is 0 Å². The third-order valence-electron chi connectivity index (χ3n) is 3.21. The average Bonchev–Trinajstić information content (AvgIpc) is 2.27. The zero-order valence-electron chi connectivity index (χ0n) is 11.8. The summed E-state index contributed by atoms with van der Waals surface area (Å²) in [5, 5.41) is 0. The van der Waals surface area contributed by atoms with Crippen LogP contribution in [0.4, 0.5) is 0 Å². The predicted octanol–water partition coefficient (Wildman–Crippen LogP) is 2.78. The monoisotopic (exact) mass is 237 g/mol. The number of nitrogens with zero attached hydrogens (tertiary/aromatic N) is 1. The summed E-state index contributed by atoms with van der Waals surface area (Å²) in [5.41, 5.74) is 0. The molecule has 1 aliphatic heterocycles. The highest BCUT2D eigenvalue weighted by molar-refractivity contribution is 5.01. The van der Waals surface area contributed by atoms with Crippen molar-refractivity contribution in [3.8, 4) is 11.8 Å². The van der Waals surface area contributed by atoms with Crippen LogP contribution in [-0.2, 0) is 4.74 Å². The fourth-order valence-corrected chi connectivity index (χ4v) is 2.37. The molecular weight excluding hydrogens is 210 g/mol. The molecule has 0 unspecified atom stereocenters. The molecule has 2 nitrogen and oxygen atoms in total. The first kappa shape index (κ1) is 14.5. The van der Waals surface area contributed by atoms with E-state index in [0.717, 1.165) is 6.42 Å². The predicted molar refractivity (Wildman–Crippen MR) is 72.9 cm³/mol. The van der Waals surface area contributed by atoms with Crippen LogP contribution < -0.4 is 0 Å². The molecule has 1 aliphatic rings. The molecule has 2 heteroatoms. The first-order chi connectivity index (χ1) is 8.13. The second-order valence-electron chi connectivity index (χ2n) is 5.39. The van der Waals surface area contributed by atoms with Crippen molar-refractivity contribution in [1.29, 1.82) is 0 Å². The molecule has 1 heterocycles. The van der Waals surface area contributed by atoms with Crippen LogP contribution in [0.15, 0.2) is 0 Å². The first-order valence-corrected chi connectivity index (χ1v) is 6.95. The average molecular weight is 237 g/mol. The number of rotatable bonds is 4. The number of likely N-dealkylation sites (tertiary alicyclic amines) is 1. The van der Waals surface area contributed by atoms with Crippen molar-refractivity contribution in [2.45, 2.75) is 46.6 Å². The van der Waals surface area contributed by atoms with E-state index < -0.39 is 0 Å². The quantitative estimate of drug-likeness (QED) is 0.697. The third-order valence-corrected chi connectivity index (χ3v) is 3.21. The Morgan fingerprint density at radius 3 is 2.76 bits per heavy atom. The molecule has 0 saturated carbocycles. The molecule has 0 bridgehead atoms. The van der Waals surface area contributed by atoms with Crippen LogP contribution in [0.25, 0.3) is 0 Å². The molecule has 0 N–H and O–H groups in total. The molecule has 17 heavy (non-hydrogen) atoms. The fraction of sp³-hybridized carbons (Fsp3) is 0.867. The van der Waals surface area contributed by atoms with E-state index >= 15 is 0 Å². The van der Waals surface area contributed by atoms with Crippen molar-refractivity contribution in [3.05, 3.63) is 0 Å². The smallest absolute Gasteiger partial charge is 0.108 e. The Bertz CT molecular complexity index is 264. The largest absolute Gasteiger partial charge is 0.365 e. The maximum Gasteiger partial charge on any atom is 0.108 e. The molecular formula is C15H27NO.